The van der Waals surface area contributed by atoms with Crippen LogP contribution in [0.3, 0.4) is 0 Å². The first-order valence-corrected chi connectivity index (χ1v) is 4.52. The Bertz CT molecular complexity index is 275. The maximum absolute atomic E-state index is 11.7. The highest BCUT2D eigenvalue weighted by molar-refractivity contribution is 6.05. The molecule has 1 heterocycles. The number of urea groups is 1. The van der Waals surface area contributed by atoms with Crippen molar-refractivity contribution in [1.82, 2.24) is 9.80 Å². The van der Waals surface area contributed by atoms with Crippen LogP contribution in [0.1, 0.15) is 13.8 Å². The Hall–Kier alpha value is -1.39. The van der Waals surface area contributed by atoms with Crippen LogP contribution in [0.15, 0.2) is 0 Å². The summed E-state index contributed by atoms with van der Waals surface area (Å²) in [5.41, 5.74) is 0. The fourth-order valence-corrected chi connectivity index (χ4v) is 1.70. The minimum atomic E-state index is -0.428. The summed E-state index contributed by atoms with van der Waals surface area (Å²) < 4.78 is 0. The molecule has 78 valence electrons. The quantitative estimate of drug-likeness (QED) is 0.477. The van der Waals surface area contributed by atoms with Crippen LogP contribution in [-0.2, 0) is 9.59 Å². The average molecular weight is 198 g/mol. The molecule has 1 saturated heterocycles. The molecule has 0 N–H and O–H groups in total. The van der Waals surface area contributed by atoms with E-state index in [1.54, 1.807) is 7.05 Å². The van der Waals surface area contributed by atoms with E-state index in [1.165, 1.54) is 4.90 Å². The number of aldehydes is 1. The molecule has 0 saturated carbocycles. The van der Waals surface area contributed by atoms with Crippen LogP contribution in [-0.4, -0.2) is 47.7 Å². The van der Waals surface area contributed by atoms with Gasteiger partial charge in [0.25, 0.3) is 5.91 Å². The molecule has 1 aliphatic rings. The third kappa shape index (κ3) is 1.49. The Morgan fingerprint density at radius 1 is 1.43 bits per heavy atom. The fourth-order valence-electron chi connectivity index (χ4n) is 1.70. The number of amides is 3. The third-order valence-corrected chi connectivity index (χ3v) is 2.36. The Kier molecular flexibility index (Phi) is 2.88. The summed E-state index contributed by atoms with van der Waals surface area (Å²) in [6.07, 6.45) is 0.562. The number of imide groups is 1. The van der Waals surface area contributed by atoms with Crippen molar-refractivity contribution in [3.05, 3.63) is 0 Å². The predicted octanol–water partition coefficient (Wildman–Crippen LogP) is 0.104. The molecule has 0 aromatic heterocycles. The molecular formula is C9H14N2O3. The number of rotatable bonds is 3. The number of carbonyl (C=O) groups excluding carboxylic acids is 3. The number of nitrogens with zero attached hydrogens (tertiary/aromatic N) is 2. The van der Waals surface area contributed by atoms with Crippen molar-refractivity contribution < 1.29 is 14.4 Å². The van der Waals surface area contributed by atoms with E-state index in [-0.39, 0.29) is 24.4 Å². The van der Waals surface area contributed by atoms with Crippen molar-refractivity contribution in [2.75, 3.05) is 13.6 Å². The molecule has 0 bridgehead atoms. The highest BCUT2D eigenvalue weighted by Gasteiger charge is 2.43. The van der Waals surface area contributed by atoms with Crippen molar-refractivity contribution in [2.45, 2.75) is 19.9 Å². The zero-order valence-electron chi connectivity index (χ0n) is 8.56. The number of carbonyl (C=O) groups is 3. The molecule has 1 atom stereocenters. The van der Waals surface area contributed by atoms with Gasteiger partial charge in [-0.1, -0.05) is 13.8 Å². The van der Waals surface area contributed by atoms with Crippen molar-refractivity contribution in [3.63, 3.8) is 0 Å². The molecule has 3 amide bonds. The summed E-state index contributed by atoms with van der Waals surface area (Å²) in [6, 6.07) is -0.816. The predicted molar refractivity (Wildman–Crippen MR) is 49.6 cm³/mol. The van der Waals surface area contributed by atoms with E-state index in [1.807, 2.05) is 13.8 Å². The van der Waals surface area contributed by atoms with Gasteiger partial charge in [0.15, 0.2) is 0 Å². The number of hydrogen-bond donors (Lipinski definition) is 0. The Labute approximate surface area is 82.7 Å². The molecule has 0 spiro atoms. The van der Waals surface area contributed by atoms with Crippen LogP contribution < -0.4 is 0 Å². The van der Waals surface area contributed by atoms with E-state index in [4.69, 9.17) is 0 Å². The molecule has 0 radical (unpaired) electrons. The number of likely N-dealkylation sites (N-methyl/N-ethyl adjacent to an activating group) is 1. The Balaban J connectivity index is 2.90. The lowest BCUT2D eigenvalue weighted by molar-refractivity contribution is -0.130. The Morgan fingerprint density at radius 3 is 2.36 bits per heavy atom. The van der Waals surface area contributed by atoms with Gasteiger partial charge in [-0.05, 0) is 5.92 Å². The molecule has 0 aromatic carbocycles. The van der Waals surface area contributed by atoms with Gasteiger partial charge in [-0.2, -0.15) is 0 Å². The normalized spacial score (nSPS) is 22.4. The molecule has 14 heavy (non-hydrogen) atoms. The van der Waals surface area contributed by atoms with E-state index < -0.39 is 6.04 Å². The molecule has 1 fully saturated rings. The highest BCUT2D eigenvalue weighted by atomic mass is 16.2. The molecule has 0 aliphatic carbocycles. The van der Waals surface area contributed by atoms with Gasteiger partial charge in [0.1, 0.15) is 12.3 Å². The highest BCUT2D eigenvalue weighted by Crippen LogP contribution is 2.20. The van der Waals surface area contributed by atoms with E-state index in [0.29, 0.717) is 6.29 Å². The monoisotopic (exact) mass is 198 g/mol. The summed E-state index contributed by atoms with van der Waals surface area (Å²) in [7, 11) is 1.58. The summed E-state index contributed by atoms with van der Waals surface area (Å²) in [6.45, 7) is 3.60. The lowest BCUT2D eigenvalue weighted by atomic mass is 10.0. The van der Waals surface area contributed by atoms with Crippen molar-refractivity contribution in [3.8, 4) is 0 Å². The van der Waals surface area contributed by atoms with Gasteiger partial charge in [0.05, 0.1) is 6.54 Å². The first-order valence-electron chi connectivity index (χ1n) is 4.52. The van der Waals surface area contributed by atoms with Crippen molar-refractivity contribution in [1.29, 1.82) is 0 Å². The standard InChI is InChI=1S/C9H14N2O3/c1-6(2)7-8(13)11(4-5-12)9(14)10(7)3/h5-7H,4H2,1-3H3. The van der Waals surface area contributed by atoms with Gasteiger partial charge in [-0.3, -0.25) is 9.69 Å². The second kappa shape index (κ2) is 3.77. The van der Waals surface area contributed by atoms with Crippen LogP contribution in [0.2, 0.25) is 0 Å². The maximum Gasteiger partial charge on any atom is 0.327 e. The first-order chi connectivity index (χ1) is 6.50. The average Bonchev–Trinajstić information content (AvgIpc) is 2.30. The minimum absolute atomic E-state index is 0.0631. The molecule has 1 rings (SSSR count). The summed E-state index contributed by atoms with van der Waals surface area (Å²) in [5, 5.41) is 0. The smallest absolute Gasteiger partial charge is 0.315 e. The minimum Gasteiger partial charge on any atom is -0.315 e. The first kappa shape index (κ1) is 10.7. The maximum atomic E-state index is 11.7. The molecule has 1 aliphatic heterocycles. The van der Waals surface area contributed by atoms with E-state index in [2.05, 4.69) is 0 Å². The summed E-state index contributed by atoms with van der Waals surface area (Å²) >= 11 is 0. The largest absolute Gasteiger partial charge is 0.327 e. The third-order valence-electron chi connectivity index (χ3n) is 2.36. The van der Waals surface area contributed by atoms with Gasteiger partial charge in [0.2, 0.25) is 0 Å². The molecule has 5 nitrogen and oxygen atoms in total. The topological polar surface area (TPSA) is 57.7 Å². The second-order valence-corrected chi connectivity index (χ2v) is 3.70. The van der Waals surface area contributed by atoms with E-state index >= 15 is 0 Å². The van der Waals surface area contributed by atoms with Gasteiger partial charge in [-0.15, -0.1) is 0 Å². The zero-order valence-corrected chi connectivity index (χ0v) is 8.56. The van der Waals surface area contributed by atoms with Crippen LogP contribution in [0.25, 0.3) is 0 Å². The molecular weight excluding hydrogens is 184 g/mol. The van der Waals surface area contributed by atoms with Gasteiger partial charge in [0, 0.05) is 7.05 Å². The SMILES string of the molecule is CC(C)C1C(=O)N(CC=O)C(=O)N1C. The fraction of sp³-hybridized carbons (Fsp3) is 0.667. The van der Waals surface area contributed by atoms with Crippen molar-refractivity contribution >= 4 is 18.2 Å². The Morgan fingerprint density at radius 2 is 2.00 bits per heavy atom. The van der Waals surface area contributed by atoms with Gasteiger partial charge >= 0.3 is 6.03 Å². The van der Waals surface area contributed by atoms with Crippen LogP contribution in [0, 0.1) is 5.92 Å². The lowest BCUT2D eigenvalue weighted by Gasteiger charge is -2.19. The zero-order chi connectivity index (χ0) is 10.9. The summed E-state index contributed by atoms with van der Waals surface area (Å²) in [5.74, 6) is -0.215. The van der Waals surface area contributed by atoms with Crippen LogP contribution in [0.4, 0.5) is 4.79 Å². The molecule has 1 unspecified atom stereocenters. The lowest BCUT2D eigenvalue weighted by Crippen LogP contribution is -2.36. The van der Waals surface area contributed by atoms with Crippen molar-refractivity contribution in [2.24, 2.45) is 5.92 Å². The second-order valence-electron chi connectivity index (χ2n) is 3.70. The van der Waals surface area contributed by atoms with Crippen LogP contribution >= 0.6 is 0 Å². The van der Waals surface area contributed by atoms with Gasteiger partial charge in [-0.25, -0.2) is 4.79 Å². The molecule has 0 aromatic rings. The molecule has 5 heteroatoms. The van der Waals surface area contributed by atoms with Crippen LogP contribution in [0.5, 0.6) is 0 Å². The summed E-state index contributed by atoms with van der Waals surface area (Å²) in [4.78, 5) is 35.8. The van der Waals surface area contributed by atoms with E-state index in [0.717, 1.165) is 4.90 Å². The van der Waals surface area contributed by atoms with E-state index in [9.17, 15) is 14.4 Å². The van der Waals surface area contributed by atoms with Gasteiger partial charge < -0.3 is 9.69 Å². The number of hydrogen-bond acceptors (Lipinski definition) is 3.